The van der Waals surface area contributed by atoms with E-state index in [0.717, 1.165) is 11.5 Å². The molecule has 0 atom stereocenters. The first-order chi connectivity index (χ1) is 23.6. The Kier molecular flexibility index (Phi) is 5.01. The van der Waals surface area contributed by atoms with Gasteiger partial charge in [0.1, 0.15) is 11.5 Å². The lowest BCUT2D eigenvalue weighted by molar-refractivity contribution is 0.487. The maximum Gasteiger partial charge on any atom is 0.192 e. The van der Waals surface area contributed by atoms with E-state index >= 15 is 0 Å². The third-order valence-corrected chi connectivity index (χ3v) is 15.7. The maximum atomic E-state index is 6.68. The number of para-hydroxylation sites is 4. The van der Waals surface area contributed by atoms with Gasteiger partial charge in [-0.25, -0.2) is 0 Å². The minimum atomic E-state index is -2.81. The Hall–Kier alpha value is -5.84. The number of aryl methyl sites for hydroxylation is 2. The van der Waals surface area contributed by atoms with Crippen molar-refractivity contribution < 1.29 is 4.74 Å². The zero-order valence-corrected chi connectivity index (χ0v) is 27.7. The van der Waals surface area contributed by atoms with Crippen LogP contribution in [0.25, 0.3) is 38.1 Å². The number of hydrogen-bond acceptors (Lipinski definition) is 2. The van der Waals surface area contributed by atoms with E-state index in [0.29, 0.717) is 0 Å². The second kappa shape index (κ2) is 9.15. The lowest BCUT2D eigenvalue weighted by atomic mass is 10.0. The van der Waals surface area contributed by atoms with Crippen molar-refractivity contribution in [1.29, 1.82) is 0 Å². The molecule has 7 aromatic carbocycles. The van der Waals surface area contributed by atoms with Crippen LogP contribution in [0.1, 0.15) is 11.1 Å². The molecular weight excluding hydrogens is 601 g/mol. The van der Waals surface area contributed by atoms with E-state index < -0.39 is 8.07 Å². The number of anilines is 3. The second-order valence-corrected chi connectivity index (χ2v) is 17.1. The quantitative estimate of drug-likeness (QED) is 0.169. The number of fused-ring (bicyclic) bond motifs is 14. The van der Waals surface area contributed by atoms with Crippen molar-refractivity contribution in [2.75, 3.05) is 4.90 Å². The third kappa shape index (κ3) is 3.13. The summed E-state index contributed by atoms with van der Waals surface area (Å²) in [5.41, 5.74) is 10.0. The maximum absolute atomic E-state index is 6.68. The third-order valence-electron chi connectivity index (χ3n) is 10.8. The highest BCUT2D eigenvalue weighted by Gasteiger charge is 2.53. The molecule has 1 spiro atoms. The highest BCUT2D eigenvalue weighted by atomic mass is 28.3. The van der Waals surface area contributed by atoms with Crippen molar-refractivity contribution in [1.82, 2.24) is 4.40 Å². The number of benzene rings is 7. The van der Waals surface area contributed by atoms with Crippen molar-refractivity contribution in [2.45, 2.75) is 13.8 Å². The van der Waals surface area contributed by atoms with Crippen LogP contribution in [-0.2, 0) is 0 Å². The van der Waals surface area contributed by atoms with Gasteiger partial charge in [-0.3, -0.25) is 0 Å². The topological polar surface area (TPSA) is 16.9 Å². The van der Waals surface area contributed by atoms with Gasteiger partial charge >= 0.3 is 0 Å². The van der Waals surface area contributed by atoms with Crippen LogP contribution < -0.4 is 30.4 Å². The zero-order valence-electron chi connectivity index (χ0n) is 26.7. The highest BCUT2D eigenvalue weighted by Crippen LogP contribution is 2.46. The Balaban J connectivity index is 1.31. The molecule has 48 heavy (non-hydrogen) atoms. The molecule has 0 bridgehead atoms. The van der Waals surface area contributed by atoms with Crippen molar-refractivity contribution >= 4 is 84.0 Å². The Labute approximate surface area is 279 Å². The molecule has 3 nitrogen and oxygen atoms in total. The number of aromatic nitrogens is 1. The summed E-state index contributed by atoms with van der Waals surface area (Å²) in [5.74, 6) is 1.94. The normalized spacial score (nSPS) is 14.3. The number of ether oxygens (including phenoxy) is 1. The average molecular weight is 631 g/mol. The summed E-state index contributed by atoms with van der Waals surface area (Å²) < 4.78 is 9.14. The van der Waals surface area contributed by atoms with Crippen LogP contribution in [0.4, 0.5) is 17.1 Å². The average Bonchev–Trinajstić information content (AvgIpc) is 3.64. The second-order valence-electron chi connectivity index (χ2n) is 13.5. The van der Waals surface area contributed by atoms with Crippen molar-refractivity contribution in [3.63, 3.8) is 0 Å². The van der Waals surface area contributed by atoms with E-state index in [4.69, 9.17) is 4.74 Å². The Morgan fingerprint density at radius 1 is 0.458 bits per heavy atom. The first-order valence-electron chi connectivity index (χ1n) is 16.7. The Bertz CT molecular complexity index is 2630. The molecule has 0 amide bonds. The van der Waals surface area contributed by atoms with E-state index in [9.17, 15) is 0 Å². The van der Waals surface area contributed by atoms with Gasteiger partial charge < -0.3 is 14.0 Å². The fourth-order valence-electron chi connectivity index (χ4n) is 8.98. The van der Waals surface area contributed by atoms with Crippen LogP contribution in [0.2, 0.25) is 0 Å². The van der Waals surface area contributed by atoms with E-state index in [2.05, 4.69) is 169 Å². The van der Waals surface area contributed by atoms with E-state index in [1.54, 1.807) is 0 Å². The fourth-order valence-corrected chi connectivity index (χ4v) is 14.5. The van der Waals surface area contributed by atoms with Crippen molar-refractivity contribution in [2.24, 2.45) is 0 Å². The predicted octanol–water partition coefficient (Wildman–Crippen LogP) is 8.72. The highest BCUT2D eigenvalue weighted by molar-refractivity contribution is 7.22. The van der Waals surface area contributed by atoms with Gasteiger partial charge in [0.2, 0.25) is 0 Å². The first kappa shape index (κ1) is 26.3. The van der Waals surface area contributed by atoms with E-state index in [1.165, 1.54) is 87.0 Å². The molecule has 0 fully saturated rings. The van der Waals surface area contributed by atoms with Crippen molar-refractivity contribution in [3.05, 3.63) is 157 Å². The van der Waals surface area contributed by atoms with Crippen molar-refractivity contribution in [3.8, 4) is 11.5 Å². The molecule has 4 heterocycles. The minimum absolute atomic E-state index is 0.968. The van der Waals surface area contributed by atoms with Crippen LogP contribution >= 0.6 is 0 Å². The summed E-state index contributed by atoms with van der Waals surface area (Å²) in [6.45, 7) is 4.46. The summed E-state index contributed by atoms with van der Waals surface area (Å²) in [6, 6.07) is 54.3. The monoisotopic (exact) mass is 630 g/mol. The molecule has 226 valence electrons. The Morgan fingerprint density at radius 3 is 1.48 bits per heavy atom. The van der Waals surface area contributed by atoms with Crippen LogP contribution in [0.15, 0.2) is 146 Å². The van der Waals surface area contributed by atoms with Gasteiger partial charge in [0.25, 0.3) is 0 Å². The van der Waals surface area contributed by atoms with Gasteiger partial charge in [0, 0.05) is 38.6 Å². The molecule has 2 aliphatic heterocycles. The van der Waals surface area contributed by atoms with Gasteiger partial charge in [0.15, 0.2) is 8.07 Å². The van der Waals surface area contributed by atoms with E-state index in [-0.39, 0.29) is 0 Å². The number of rotatable bonds is 1. The summed E-state index contributed by atoms with van der Waals surface area (Å²) in [7, 11) is -2.81. The fraction of sp³-hybridized carbons (Fsp3) is 0.0455. The molecule has 0 N–H and O–H groups in total. The summed E-state index contributed by atoms with van der Waals surface area (Å²) in [6.07, 6.45) is 0. The van der Waals surface area contributed by atoms with Gasteiger partial charge in [-0.15, -0.1) is 0 Å². The van der Waals surface area contributed by atoms with Gasteiger partial charge in [-0.1, -0.05) is 108 Å². The Morgan fingerprint density at radius 2 is 0.938 bits per heavy atom. The van der Waals surface area contributed by atoms with Gasteiger partial charge in [0.05, 0.1) is 16.6 Å². The van der Waals surface area contributed by atoms with Crippen LogP contribution in [0, 0.1) is 13.8 Å². The molecular formula is C44H30N2OSi. The molecule has 0 aliphatic carbocycles. The molecule has 0 radical (unpaired) electrons. The lowest BCUT2D eigenvalue weighted by Gasteiger charge is -2.47. The smallest absolute Gasteiger partial charge is 0.192 e. The van der Waals surface area contributed by atoms with Gasteiger partial charge in [-0.05, 0) is 83.1 Å². The molecule has 2 aliphatic rings. The van der Waals surface area contributed by atoms with Crippen LogP contribution in [-0.4, -0.2) is 12.5 Å². The first-order valence-corrected chi connectivity index (χ1v) is 18.7. The molecule has 4 heteroatoms. The molecule has 0 saturated heterocycles. The molecule has 2 aromatic heterocycles. The largest absolute Gasteiger partial charge is 0.458 e. The summed E-state index contributed by atoms with van der Waals surface area (Å²) in [4.78, 5) is 2.55. The molecule has 11 rings (SSSR count). The lowest BCUT2D eigenvalue weighted by Crippen LogP contribution is -2.78. The predicted molar refractivity (Wildman–Crippen MR) is 203 cm³/mol. The molecule has 0 saturated carbocycles. The molecule has 0 unspecified atom stereocenters. The number of hydrogen-bond donors (Lipinski definition) is 0. The summed E-state index contributed by atoms with van der Waals surface area (Å²) in [5, 5.41) is 10.6. The zero-order chi connectivity index (χ0) is 31.7. The van der Waals surface area contributed by atoms with E-state index in [1.807, 2.05) is 0 Å². The summed E-state index contributed by atoms with van der Waals surface area (Å²) >= 11 is 0. The van der Waals surface area contributed by atoms with Crippen LogP contribution in [0.3, 0.4) is 0 Å². The van der Waals surface area contributed by atoms with Gasteiger partial charge in [-0.2, -0.15) is 0 Å². The molecule has 9 aromatic rings. The number of nitrogens with zero attached hydrogens (tertiary/aromatic N) is 2. The van der Waals surface area contributed by atoms with Crippen LogP contribution in [0.5, 0.6) is 11.5 Å². The minimum Gasteiger partial charge on any atom is -0.458 e. The standard InChI is InChI=1S/C44H30N2OSi/c1-27-19-21-36-42(23-27)48(40-17-9-7-15-38(40)47-39-16-8-10-18-41(39)48)43-24-28(2)20-22-37(43)45(36)29-25-32-30-11-3-5-13-34(30)46-35-14-6-4-12-31(35)33(26-29)44(32)46/h3-26H,1-2H3. The SMILES string of the molecule is Cc1ccc2c(c1)[Si]1(c3ccccc3Oc3ccccc31)c1cc(C)ccc1N2c1cc2c3ccccc3n3c4ccccc4c(c1)c23.